The van der Waals surface area contributed by atoms with Crippen LogP contribution >= 0.6 is 7.92 Å². The van der Waals surface area contributed by atoms with Crippen molar-refractivity contribution in [3.63, 3.8) is 0 Å². The Balaban J connectivity index is 2.87. The normalized spacial score (nSPS) is 21.6. The van der Waals surface area contributed by atoms with Crippen LogP contribution in [0, 0.1) is 23.7 Å². The highest BCUT2D eigenvalue weighted by Gasteiger charge is 2.40. The third-order valence-corrected chi connectivity index (χ3v) is 10.3. The molecule has 0 nitrogen and oxygen atoms in total. The molecule has 30 heavy (non-hydrogen) atoms. The third-order valence-electron chi connectivity index (χ3n) is 6.70. The molecule has 0 N–H and O–H groups in total. The maximum atomic E-state index is 2.60. The fourth-order valence-electron chi connectivity index (χ4n) is 5.62. The number of rotatable bonds is 5. The van der Waals surface area contributed by atoms with E-state index in [0.717, 1.165) is 0 Å². The topological polar surface area (TPSA) is 0 Å². The van der Waals surface area contributed by atoms with Gasteiger partial charge in [0, 0.05) is 0 Å². The molecule has 2 rings (SSSR count). The molecule has 2 aliphatic rings. The van der Waals surface area contributed by atoms with Gasteiger partial charge in [-0.15, -0.1) is 0 Å². The molecule has 0 saturated heterocycles. The van der Waals surface area contributed by atoms with Crippen molar-refractivity contribution in [3.05, 3.63) is 45.8 Å². The molecule has 0 aromatic rings. The molecule has 1 atom stereocenters. The van der Waals surface area contributed by atoms with Crippen molar-refractivity contribution in [2.45, 2.75) is 113 Å². The van der Waals surface area contributed by atoms with E-state index in [4.69, 9.17) is 0 Å². The maximum Gasteiger partial charge on any atom is -0.00956 e. The van der Waals surface area contributed by atoms with Gasteiger partial charge >= 0.3 is 0 Å². The number of allylic oxidation sites excluding steroid dienone is 8. The van der Waals surface area contributed by atoms with E-state index in [0.29, 0.717) is 34.0 Å². The van der Waals surface area contributed by atoms with Gasteiger partial charge in [-0.3, -0.25) is 0 Å². The highest BCUT2D eigenvalue weighted by Crippen LogP contribution is 2.67. The molecule has 0 heterocycles. The van der Waals surface area contributed by atoms with Gasteiger partial charge in [0.15, 0.2) is 0 Å². The van der Waals surface area contributed by atoms with E-state index in [-0.39, 0.29) is 7.92 Å². The third kappa shape index (κ3) is 5.59. The first kappa shape index (κ1) is 25.6. The van der Waals surface area contributed by atoms with Gasteiger partial charge in [0.2, 0.25) is 0 Å². The highest BCUT2D eigenvalue weighted by atomic mass is 31.1. The fraction of sp³-hybridized carbons (Fsp3) is 0.724. The molecule has 170 valence electrons. The van der Waals surface area contributed by atoms with Crippen molar-refractivity contribution in [3.8, 4) is 0 Å². The largest absolute Gasteiger partial charge is 0.0836 e. The van der Waals surface area contributed by atoms with E-state index >= 15 is 0 Å². The van der Waals surface area contributed by atoms with Crippen molar-refractivity contribution in [1.29, 1.82) is 0 Å². The zero-order chi connectivity index (χ0) is 23.0. The van der Waals surface area contributed by atoms with Crippen LogP contribution in [0.4, 0.5) is 0 Å². The zero-order valence-electron chi connectivity index (χ0n) is 22.1. The Kier molecular flexibility index (Phi) is 8.11. The lowest BCUT2D eigenvalue weighted by Gasteiger charge is -2.45. The standard InChI is InChI=1S/C29H49P/c1-19(2)22-17-24(20(3)4)27(25(18-22)21(5)6)23-15-13-14-16-26(23)30(28(7,8)9)29(10,11)12/h14,16-17,19-21,25H,13,15,18H2,1-12H3. The summed E-state index contributed by atoms with van der Waals surface area (Å²) < 4.78 is 0. The van der Waals surface area contributed by atoms with E-state index in [1.807, 2.05) is 0 Å². The van der Waals surface area contributed by atoms with Crippen molar-refractivity contribution in [2.75, 3.05) is 0 Å². The second-order valence-electron chi connectivity index (χ2n) is 12.4. The molecule has 2 aliphatic carbocycles. The van der Waals surface area contributed by atoms with Crippen LogP contribution in [0.2, 0.25) is 0 Å². The summed E-state index contributed by atoms with van der Waals surface area (Å²) in [5, 5.41) is 2.29. The predicted octanol–water partition coefficient (Wildman–Crippen LogP) is 9.88. The summed E-state index contributed by atoms with van der Waals surface area (Å²) in [6, 6.07) is 0. The fourth-order valence-corrected chi connectivity index (χ4v) is 9.83. The molecular weight excluding hydrogens is 379 g/mol. The molecular formula is C29H49P. The molecule has 0 saturated carbocycles. The maximum absolute atomic E-state index is 2.60. The van der Waals surface area contributed by atoms with Gasteiger partial charge in [0.05, 0.1) is 0 Å². The summed E-state index contributed by atoms with van der Waals surface area (Å²) in [5.41, 5.74) is 6.73. The average molecular weight is 429 g/mol. The molecule has 0 aromatic heterocycles. The predicted molar refractivity (Wildman–Crippen MR) is 140 cm³/mol. The first-order valence-electron chi connectivity index (χ1n) is 12.3. The lowest BCUT2D eigenvalue weighted by atomic mass is 9.69. The molecule has 0 fully saturated rings. The van der Waals surface area contributed by atoms with Crippen LogP contribution in [-0.4, -0.2) is 10.3 Å². The Morgan fingerprint density at radius 3 is 1.87 bits per heavy atom. The Bertz CT molecular complexity index is 724. The van der Waals surface area contributed by atoms with Crippen LogP contribution in [0.5, 0.6) is 0 Å². The van der Waals surface area contributed by atoms with Gasteiger partial charge in [-0.25, -0.2) is 0 Å². The average Bonchev–Trinajstić information content (AvgIpc) is 2.58. The number of hydrogen-bond acceptors (Lipinski definition) is 0. The Morgan fingerprint density at radius 2 is 1.43 bits per heavy atom. The van der Waals surface area contributed by atoms with Crippen molar-refractivity contribution >= 4 is 7.92 Å². The first-order valence-corrected chi connectivity index (χ1v) is 13.6. The quantitative estimate of drug-likeness (QED) is 0.382. The minimum Gasteiger partial charge on any atom is -0.0836 e. The summed E-state index contributed by atoms with van der Waals surface area (Å²) in [6.45, 7) is 29.2. The van der Waals surface area contributed by atoms with Gasteiger partial charge in [0.1, 0.15) is 0 Å². The second kappa shape index (κ2) is 9.48. The minimum absolute atomic E-state index is 0.287. The van der Waals surface area contributed by atoms with E-state index < -0.39 is 0 Å². The van der Waals surface area contributed by atoms with E-state index in [2.05, 4.69) is 101 Å². The highest BCUT2D eigenvalue weighted by molar-refractivity contribution is 7.65. The van der Waals surface area contributed by atoms with Crippen LogP contribution < -0.4 is 0 Å². The molecule has 1 unspecified atom stereocenters. The SMILES string of the molecule is CC(C)C1=CC(C(C)C)=C(C2=C(P(C(C)(C)C)C(C)(C)C)C=CCC2)C(C(C)C)C1. The van der Waals surface area contributed by atoms with Crippen LogP contribution in [0.15, 0.2) is 45.8 Å². The summed E-state index contributed by atoms with van der Waals surface area (Å²) in [7, 11) is -0.287. The molecule has 0 amide bonds. The van der Waals surface area contributed by atoms with Gasteiger partial charge in [-0.1, -0.05) is 115 Å². The molecule has 0 aliphatic heterocycles. The summed E-state index contributed by atoms with van der Waals surface area (Å²) in [6.07, 6.45) is 11.2. The molecule has 0 bridgehead atoms. The van der Waals surface area contributed by atoms with E-state index in [1.54, 1.807) is 27.6 Å². The van der Waals surface area contributed by atoms with Crippen LogP contribution in [0.25, 0.3) is 0 Å². The van der Waals surface area contributed by atoms with Crippen LogP contribution in [0.1, 0.15) is 102 Å². The lowest BCUT2D eigenvalue weighted by Crippen LogP contribution is -2.28. The van der Waals surface area contributed by atoms with Crippen molar-refractivity contribution in [2.24, 2.45) is 23.7 Å². The van der Waals surface area contributed by atoms with Gasteiger partial charge in [0.25, 0.3) is 0 Å². The van der Waals surface area contributed by atoms with E-state index in [1.165, 1.54) is 19.3 Å². The van der Waals surface area contributed by atoms with Gasteiger partial charge in [-0.05, 0) is 75.3 Å². The van der Waals surface area contributed by atoms with Gasteiger partial charge in [-0.2, -0.15) is 0 Å². The van der Waals surface area contributed by atoms with Crippen LogP contribution in [0.3, 0.4) is 0 Å². The number of hydrogen-bond donors (Lipinski definition) is 0. The molecule has 1 heteroatoms. The first-order chi connectivity index (χ1) is 13.7. The van der Waals surface area contributed by atoms with Crippen molar-refractivity contribution in [1.82, 2.24) is 0 Å². The summed E-state index contributed by atoms with van der Waals surface area (Å²) in [4.78, 5) is 0. The molecule has 0 spiro atoms. The van der Waals surface area contributed by atoms with E-state index in [9.17, 15) is 0 Å². The lowest BCUT2D eigenvalue weighted by molar-refractivity contribution is 0.415. The Hall–Kier alpha value is -0.610. The Morgan fingerprint density at radius 1 is 0.867 bits per heavy atom. The minimum atomic E-state index is -0.287. The smallest absolute Gasteiger partial charge is 0.00956 e. The molecule has 0 aromatic carbocycles. The van der Waals surface area contributed by atoms with Crippen LogP contribution in [-0.2, 0) is 0 Å². The Labute approximate surface area is 190 Å². The zero-order valence-corrected chi connectivity index (χ0v) is 23.0. The summed E-state index contributed by atoms with van der Waals surface area (Å²) >= 11 is 0. The summed E-state index contributed by atoms with van der Waals surface area (Å²) in [5.74, 6) is 2.54. The monoisotopic (exact) mass is 428 g/mol. The second-order valence-corrected chi connectivity index (χ2v) is 16.3. The van der Waals surface area contributed by atoms with Crippen molar-refractivity contribution < 1.29 is 0 Å². The molecule has 0 radical (unpaired) electrons. The van der Waals surface area contributed by atoms with Gasteiger partial charge < -0.3 is 0 Å².